The third kappa shape index (κ3) is 24.7. The van der Waals surface area contributed by atoms with Crippen LogP contribution < -0.4 is 5.32 Å². The Hall–Kier alpha value is -3.56. The van der Waals surface area contributed by atoms with E-state index in [0.717, 1.165) is 38.0 Å². The zero-order valence-electron chi connectivity index (χ0n) is 29.7. The second-order valence-corrected chi connectivity index (χ2v) is 14.8. The molecule has 1 atom stereocenters. The summed E-state index contributed by atoms with van der Waals surface area (Å²) in [5.41, 5.74) is 0.914. The van der Waals surface area contributed by atoms with Crippen LogP contribution >= 0.6 is 34.0 Å². The van der Waals surface area contributed by atoms with Gasteiger partial charge >= 0.3 is 0 Å². The van der Waals surface area contributed by atoms with E-state index in [2.05, 4.69) is 78.6 Å². The number of amides is 1. The van der Waals surface area contributed by atoms with Crippen molar-refractivity contribution >= 4 is 39.9 Å². The third-order valence-corrected chi connectivity index (χ3v) is 7.20. The van der Waals surface area contributed by atoms with Gasteiger partial charge in [0.25, 0.3) is 0 Å². The second kappa shape index (κ2) is 23.7. The molecule has 5 rings (SSSR count). The van der Waals surface area contributed by atoms with E-state index in [1.54, 1.807) is 61.0 Å². The highest BCUT2D eigenvalue weighted by molar-refractivity contribution is 7.11. The highest BCUT2D eigenvalue weighted by Crippen LogP contribution is 2.08. The summed E-state index contributed by atoms with van der Waals surface area (Å²) in [6, 6.07) is 0.317. The van der Waals surface area contributed by atoms with Gasteiger partial charge in [-0.05, 0) is 74.7 Å². The van der Waals surface area contributed by atoms with Crippen molar-refractivity contribution in [2.24, 2.45) is 5.92 Å². The molecule has 0 radical (unpaired) electrons. The van der Waals surface area contributed by atoms with Crippen molar-refractivity contribution in [1.29, 1.82) is 0 Å². The lowest BCUT2D eigenvalue weighted by Crippen LogP contribution is -2.31. The van der Waals surface area contributed by atoms with Gasteiger partial charge in [0.05, 0.1) is 21.9 Å². The van der Waals surface area contributed by atoms with Crippen LogP contribution in [-0.2, 0) is 4.79 Å². The summed E-state index contributed by atoms with van der Waals surface area (Å²) < 4.78 is 4.86. The lowest BCUT2D eigenvalue weighted by Gasteiger charge is -2.13. The molecule has 0 aliphatic carbocycles. The van der Waals surface area contributed by atoms with Gasteiger partial charge in [0.2, 0.25) is 17.7 Å². The molecule has 0 aromatic carbocycles. The van der Waals surface area contributed by atoms with Crippen molar-refractivity contribution in [2.75, 3.05) is 0 Å². The van der Waals surface area contributed by atoms with Crippen LogP contribution in [0.4, 0.5) is 0 Å². The van der Waals surface area contributed by atoms with E-state index in [1.165, 1.54) is 9.75 Å². The van der Waals surface area contributed by atoms with Crippen molar-refractivity contribution in [1.82, 2.24) is 50.9 Å². The molecule has 0 fully saturated rings. The number of rotatable bonds is 3. The molecule has 0 spiro atoms. The number of aromatic nitrogens is 9. The zero-order chi connectivity index (χ0) is 35.2. The molecule has 5 aromatic rings. The Bertz CT molecular complexity index is 1280. The average molecular weight is 691 g/mol. The monoisotopic (exact) mass is 690 g/mol. The van der Waals surface area contributed by atoms with Gasteiger partial charge in [0.1, 0.15) is 15.8 Å². The Balaban J connectivity index is 0.000000530. The molecule has 12 nitrogen and oxygen atoms in total. The molecule has 46 heavy (non-hydrogen) atoms. The lowest BCUT2D eigenvalue weighted by molar-refractivity contribution is -0.119. The Labute approximate surface area is 286 Å². The number of carbonyl (C=O) groups is 1. The smallest absolute Gasteiger partial charge is 0.217 e. The Kier molecular flexibility index (Phi) is 21.9. The van der Waals surface area contributed by atoms with Crippen molar-refractivity contribution < 1.29 is 9.21 Å². The summed E-state index contributed by atoms with van der Waals surface area (Å²) >= 11 is 5.08. The molecule has 1 unspecified atom stereocenters. The van der Waals surface area contributed by atoms with Gasteiger partial charge in [-0.1, -0.05) is 13.8 Å². The fraction of sp³-hybridized carbons (Fsp3) is 0.548. The van der Waals surface area contributed by atoms with E-state index < -0.39 is 0 Å². The third-order valence-electron chi connectivity index (χ3n) is 4.79. The summed E-state index contributed by atoms with van der Waals surface area (Å²) in [5.74, 6) is 2.69. The molecule has 0 aliphatic rings. The second-order valence-electron chi connectivity index (χ2n) is 10.5. The number of nitrogens with one attached hydrogen (secondary N) is 1. The number of thiazole rings is 2. The molecular formula is C31H50N10O2S3. The first kappa shape index (κ1) is 42.4. The van der Waals surface area contributed by atoms with E-state index in [4.69, 9.17) is 4.42 Å². The number of aryl methyl sites for hydroxylation is 10. The van der Waals surface area contributed by atoms with Crippen molar-refractivity contribution in [3.63, 3.8) is 0 Å². The molecule has 15 heteroatoms. The van der Waals surface area contributed by atoms with E-state index in [1.807, 2.05) is 60.9 Å². The van der Waals surface area contributed by atoms with E-state index in [-0.39, 0.29) is 5.91 Å². The number of hydrogen-bond acceptors (Lipinski definition) is 14. The molecule has 5 heterocycles. The topological polar surface area (TPSA) is 158 Å². The number of hydrogen-bond donors (Lipinski definition) is 1. The molecule has 0 bridgehead atoms. The minimum absolute atomic E-state index is 0.0631. The zero-order valence-corrected chi connectivity index (χ0v) is 32.1. The number of nitrogens with zero attached hydrogens (tertiary/aromatic N) is 9. The Morgan fingerprint density at radius 2 is 1.17 bits per heavy atom. The molecule has 0 saturated heterocycles. The Morgan fingerprint density at radius 1 is 0.696 bits per heavy atom. The van der Waals surface area contributed by atoms with Gasteiger partial charge in [-0.3, -0.25) is 4.79 Å². The van der Waals surface area contributed by atoms with Gasteiger partial charge in [0.15, 0.2) is 0 Å². The van der Waals surface area contributed by atoms with Crippen LogP contribution in [0, 0.1) is 75.2 Å². The van der Waals surface area contributed by atoms with Crippen LogP contribution in [0.15, 0.2) is 23.0 Å². The van der Waals surface area contributed by atoms with Crippen LogP contribution in [-0.4, -0.2) is 57.5 Å². The van der Waals surface area contributed by atoms with E-state index in [0.29, 0.717) is 23.7 Å². The fourth-order valence-corrected chi connectivity index (χ4v) is 5.29. The standard InChI is InChI=1S/C8H17NO.C5H7N3.2C5H7NS.C4H6N2O.C4H6N2S/c1-6(2)5-7(3)9-8(4)10;1-4-3-6-8-5(2)7-4;2*1-4-3-6-5(2)7-4;2*1-3-5-6-4(2)7-3/h6-7H,5H2,1-4H3,(H,9,10);3H,1-2H3;2*3H,1-2H3;2*1-2H3. The summed E-state index contributed by atoms with van der Waals surface area (Å²) in [6.07, 6.45) is 6.46. The molecule has 254 valence electrons. The van der Waals surface area contributed by atoms with Crippen LogP contribution in [0.2, 0.25) is 0 Å². The minimum Gasteiger partial charge on any atom is -0.426 e. The highest BCUT2D eigenvalue weighted by Gasteiger charge is 2.04. The van der Waals surface area contributed by atoms with E-state index in [9.17, 15) is 4.79 Å². The van der Waals surface area contributed by atoms with Crippen molar-refractivity contribution in [2.45, 2.75) is 109 Å². The normalized spacial score (nSPS) is 10.2. The minimum atomic E-state index is 0.0631. The molecule has 0 saturated carbocycles. The molecule has 1 amide bonds. The van der Waals surface area contributed by atoms with Gasteiger partial charge in [-0.2, -0.15) is 5.10 Å². The maximum atomic E-state index is 10.5. The summed E-state index contributed by atoms with van der Waals surface area (Å²) in [6.45, 7) is 27.2. The summed E-state index contributed by atoms with van der Waals surface area (Å²) in [4.78, 5) is 25.2. The average Bonchev–Trinajstić information content (AvgIpc) is 3.71. The predicted octanol–water partition coefficient (Wildman–Crippen LogP) is 7.41. The van der Waals surface area contributed by atoms with Gasteiger partial charge in [0, 0.05) is 49.0 Å². The van der Waals surface area contributed by atoms with Crippen LogP contribution in [0.5, 0.6) is 0 Å². The van der Waals surface area contributed by atoms with E-state index >= 15 is 0 Å². The largest absolute Gasteiger partial charge is 0.426 e. The number of carbonyl (C=O) groups excluding carboxylic acids is 1. The quantitative estimate of drug-likeness (QED) is 0.201. The molecule has 0 aliphatic heterocycles. The van der Waals surface area contributed by atoms with Crippen molar-refractivity contribution in [3.8, 4) is 0 Å². The first-order chi connectivity index (χ1) is 21.5. The maximum absolute atomic E-state index is 10.5. The fourth-order valence-electron chi connectivity index (χ4n) is 3.34. The highest BCUT2D eigenvalue weighted by atomic mass is 32.1. The maximum Gasteiger partial charge on any atom is 0.217 e. The van der Waals surface area contributed by atoms with Crippen molar-refractivity contribution in [3.05, 3.63) is 71.7 Å². The Morgan fingerprint density at radius 3 is 1.37 bits per heavy atom. The van der Waals surface area contributed by atoms with Gasteiger partial charge < -0.3 is 9.73 Å². The summed E-state index contributed by atoms with van der Waals surface area (Å²) in [7, 11) is 0. The van der Waals surface area contributed by atoms with Crippen LogP contribution in [0.1, 0.15) is 87.2 Å². The van der Waals surface area contributed by atoms with Gasteiger partial charge in [-0.15, -0.1) is 59.5 Å². The van der Waals surface area contributed by atoms with Crippen LogP contribution in [0.25, 0.3) is 0 Å². The first-order valence-electron chi connectivity index (χ1n) is 14.7. The van der Waals surface area contributed by atoms with Crippen LogP contribution in [0.3, 0.4) is 0 Å². The SMILES string of the molecule is CC(=O)NC(C)CC(C)C.Cc1cnc(C)s1.Cc1cnc(C)s1.Cc1cnnc(C)n1.Cc1nnc(C)o1.Cc1nnc(C)s1. The summed E-state index contributed by atoms with van der Waals surface area (Å²) in [5, 5.41) is 29.3. The lowest BCUT2D eigenvalue weighted by atomic mass is 10.1. The molecule has 5 aromatic heterocycles. The molecule has 1 N–H and O–H groups in total. The molecular weight excluding hydrogens is 641 g/mol. The van der Waals surface area contributed by atoms with Gasteiger partial charge in [-0.25, -0.2) is 15.0 Å². The predicted molar refractivity (Wildman–Crippen MR) is 188 cm³/mol. The first-order valence-corrected chi connectivity index (χ1v) is 17.1.